The Morgan fingerprint density at radius 2 is 1.85 bits per heavy atom. The van der Waals surface area contributed by atoms with E-state index in [0.717, 1.165) is 7.11 Å². The number of Topliss-reactive ketones (excluding diaryl/α,β-unsaturated/α-hetero) is 1. The lowest BCUT2D eigenvalue weighted by Crippen LogP contribution is -2.81. The molecule has 1 spiro atoms. The third-order valence-corrected chi connectivity index (χ3v) is 11.1. The number of aliphatic hydroxyl groups is 2. The molecule has 2 N–H and O–H groups in total. The predicted octanol–water partition coefficient (Wildman–Crippen LogP) is 1.88. The molecule has 0 radical (unpaired) electrons. The minimum atomic E-state index is -2.28. The number of furan rings is 1. The van der Waals surface area contributed by atoms with Crippen LogP contribution in [0.15, 0.2) is 23.0 Å². The molecule has 3 aliphatic carbocycles. The van der Waals surface area contributed by atoms with Crippen molar-refractivity contribution in [2.75, 3.05) is 7.11 Å². The highest BCUT2D eigenvalue weighted by Crippen LogP contribution is 2.78. The molecule has 0 amide bonds. The van der Waals surface area contributed by atoms with Crippen molar-refractivity contribution in [2.24, 2.45) is 34.0 Å². The van der Waals surface area contributed by atoms with Crippen LogP contribution in [0.4, 0.5) is 0 Å². The van der Waals surface area contributed by atoms with E-state index in [0.29, 0.717) is 18.4 Å². The van der Waals surface area contributed by atoms with Crippen molar-refractivity contribution in [3.05, 3.63) is 24.2 Å². The van der Waals surface area contributed by atoms with Gasteiger partial charge in [0.2, 0.25) is 0 Å². The maximum absolute atomic E-state index is 14.5. The normalized spacial score (nSPS) is 47.1. The summed E-state index contributed by atoms with van der Waals surface area (Å²) in [5.41, 5.74) is -6.16. The quantitative estimate of drug-likeness (QED) is 0.314. The molecule has 11 nitrogen and oxygen atoms in total. The first-order valence-corrected chi connectivity index (χ1v) is 13.7. The molecule has 0 aromatic carbocycles. The molecule has 11 heteroatoms. The third-order valence-electron chi connectivity index (χ3n) is 11.1. The van der Waals surface area contributed by atoms with E-state index in [2.05, 4.69) is 0 Å². The van der Waals surface area contributed by atoms with Crippen LogP contribution in [0.25, 0.3) is 0 Å². The molecule has 2 aliphatic heterocycles. The number of fused-ring (bicyclic) bond motifs is 5. The highest BCUT2D eigenvalue weighted by Gasteiger charge is 2.91. The first kappa shape index (κ1) is 27.4. The standard InChI is InChI=1S/C29H36O11/c1-13(30)38-23-25(2,3)19(18(32)21(33)36-6)27(5)15-7-9-26(4)16(29(15)24(40-29)28(23,35)22(27)34)11-17(31)39-20(26)14-8-10-37-12-14/h8,10,12,15-16,18-20,23-24,32,35H,7,9,11H2,1-6H3/t15-,16-,18+,19-,20-,23-,24+,26+,27+,28-,29+/m0/s1. The van der Waals surface area contributed by atoms with E-state index in [1.165, 1.54) is 19.5 Å². The molecule has 5 aliphatic rings. The Bertz CT molecular complexity index is 1290. The van der Waals surface area contributed by atoms with Crippen LogP contribution in [0.2, 0.25) is 0 Å². The number of methoxy groups -OCH3 is 1. The van der Waals surface area contributed by atoms with Crippen LogP contribution in [0, 0.1) is 34.0 Å². The Labute approximate surface area is 231 Å². The molecule has 3 saturated carbocycles. The van der Waals surface area contributed by atoms with Gasteiger partial charge in [-0.3, -0.25) is 14.4 Å². The van der Waals surface area contributed by atoms with Gasteiger partial charge in [-0.05, 0) is 18.9 Å². The topological polar surface area (TPSA) is 162 Å². The molecule has 1 aromatic rings. The summed E-state index contributed by atoms with van der Waals surface area (Å²) in [5, 5.41) is 23.8. The van der Waals surface area contributed by atoms with Gasteiger partial charge in [0.1, 0.15) is 23.9 Å². The molecule has 1 aromatic heterocycles. The Balaban J connectivity index is 1.56. The zero-order valence-corrected chi connectivity index (χ0v) is 23.5. The van der Waals surface area contributed by atoms with E-state index in [1.54, 1.807) is 26.8 Å². The number of ether oxygens (including phenoxy) is 4. The van der Waals surface area contributed by atoms with Crippen molar-refractivity contribution in [2.45, 2.75) is 89.5 Å². The van der Waals surface area contributed by atoms with E-state index in [4.69, 9.17) is 23.4 Å². The van der Waals surface area contributed by atoms with E-state index in [1.807, 2.05) is 6.92 Å². The van der Waals surface area contributed by atoms with Gasteiger partial charge in [0.25, 0.3) is 0 Å². The zero-order chi connectivity index (χ0) is 29.2. The van der Waals surface area contributed by atoms with Crippen molar-refractivity contribution in [1.82, 2.24) is 0 Å². The van der Waals surface area contributed by atoms with E-state index in [-0.39, 0.29) is 6.42 Å². The second-order valence-corrected chi connectivity index (χ2v) is 13.3. The summed E-state index contributed by atoms with van der Waals surface area (Å²) in [4.78, 5) is 52.7. The average Bonchev–Trinajstić information content (AvgIpc) is 3.37. The molecule has 2 saturated heterocycles. The molecule has 5 fully saturated rings. The van der Waals surface area contributed by atoms with Crippen molar-refractivity contribution in [3.8, 4) is 0 Å². The van der Waals surface area contributed by atoms with Crippen LogP contribution < -0.4 is 0 Å². The van der Waals surface area contributed by atoms with Gasteiger partial charge in [0.05, 0.1) is 26.1 Å². The average molecular weight is 561 g/mol. The Kier molecular flexibility index (Phi) is 5.60. The van der Waals surface area contributed by atoms with E-state index in [9.17, 15) is 29.4 Å². The number of esters is 3. The molecule has 2 bridgehead atoms. The number of ketones is 1. The summed E-state index contributed by atoms with van der Waals surface area (Å²) in [6.07, 6.45) is -0.893. The fourth-order valence-corrected chi connectivity index (χ4v) is 9.80. The fourth-order valence-electron chi connectivity index (χ4n) is 9.80. The second-order valence-electron chi connectivity index (χ2n) is 13.3. The summed E-state index contributed by atoms with van der Waals surface area (Å²) in [5.74, 6) is -4.92. The van der Waals surface area contributed by atoms with Gasteiger partial charge >= 0.3 is 17.9 Å². The van der Waals surface area contributed by atoms with Crippen LogP contribution in [0.5, 0.6) is 0 Å². The molecule has 6 rings (SSSR count). The number of carbonyl (C=O) groups is 4. The van der Waals surface area contributed by atoms with E-state index >= 15 is 0 Å². The van der Waals surface area contributed by atoms with Crippen LogP contribution in [0.3, 0.4) is 0 Å². The largest absolute Gasteiger partial charge is 0.472 e. The monoisotopic (exact) mass is 560 g/mol. The van der Waals surface area contributed by atoms with Gasteiger partial charge in [-0.25, -0.2) is 4.79 Å². The third kappa shape index (κ3) is 3.01. The number of cyclic esters (lactones) is 1. The number of carbonyl (C=O) groups excluding carboxylic acids is 4. The molecular weight excluding hydrogens is 524 g/mol. The van der Waals surface area contributed by atoms with Gasteiger partial charge < -0.3 is 33.6 Å². The van der Waals surface area contributed by atoms with Crippen molar-refractivity contribution < 1.29 is 52.8 Å². The number of rotatable bonds is 4. The minimum absolute atomic E-state index is 0.00987. The molecule has 218 valence electrons. The highest BCUT2D eigenvalue weighted by molar-refractivity contribution is 5.99. The van der Waals surface area contributed by atoms with Crippen molar-refractivity contribution in [1.29, 1.82) is 0 Å². The van der Waals surface area contributed by atoms with Crippen LogP contribution in [-0.2, 0) is 38.1 Å². The number of hydrogen-bond acceptors (Lipinski definition) is 11. The maximum atomic E-state index is 14.5. The molecule has 3 heterocycles. The molecule has 11 atom stereocenters. The lowest BCUT2D eigenvalue weighted by molar-refractivity contribution is -0.260. The Hall–Kier alpha value is -2.76. The van der Waals surface area contributed by atoms with Crippen molar-refractivity contribution >= 4 is 23.7 Å². The first-order valence-electron chi connectivity index (χ1n) is 13.7. The smallest absolute Gasteiger partial charge is 0.335 e. The lowest BCUT2D eigenvalue weighted by Gasteiger charge is -2.67. The summed E-state index contributed by atoms with van der Waals surface area (Å²) in [7, 11) is 1.14. The van der Waals surface area contributed by atoms with Gasteiger partial charge in [0, 0.05) is 46.5 Å². The fraction of sp³-hybridized carbons (Fsp3) is 0.724. The molecule has 0 unspecified atom stereocenters. The summed E-state index contributed by atoms with van der Waals surface area (Å²) >= 11 is 0. The van der Waals surface area contributed by atoms with Crippen molar-refractivity contribution in [3.63, 3.8) is 0 Å². The summed E-state index contributed by atoms with van der Waals surface area (Å²) < 4.78 is 28.2. The maximum Gasteiger partial charge on any atom is 0.335 e. The number of hydrogen-bond donors (Lipinski definition) is 2. The second kappa shape index (κ2) is 8.17. The van der Waals surface area contributed by atoms with E-state index < -0.39 is 93.3 Å². The number of aliphatic hydroxyl groups excluding tert-OH is 1. The van der Waals surface area contributed by atoms with Crippen LogP contribution in [0.1, 0.15) is 65.5 Å². The Morgan fingerprint density at radius 3 is 2.45 bits per heavy atom. The Morgan fingerprint density at radius 1 is 1.15 bits per heavy atom. The zero-order valence-electron chi connectivity index (χ0n) is 23.5. The SMILES string of the molecule is COC(=O)[C@H](O)[C@H]1C(C)(C)[C@H](OC(C)=O)[C@@]2(O)C(=O)[C@]1(C)[C@@H]1CC[C@@]3(C)[C@H](c4ccoc4)OC(=O)C[C@@H]3[C@]13O[C@H]23. The molecule has 40 heavy (non-hydrogen) atoms. The van der Waals surface area contributed by atoms with Crippen LogP contribution >= 0.6 is 0 Å². The summed E-state index contributed by atoms with van der Waals surface area (Å²) in [6, 6.07) is 1.75. The summed E-state index contributed by atoms with van der Waals surface area (Å²) in [6.45, 7) is 8.18. The van der Waals surface area contributed by atoms with Gasteiger partial charge in [-0.15, -0.1) is 0 Å². The lowest BCUT2D eigenvalue weighted by atomic mass is 9.36. The first-order chi connectivity index (χ1) is 18.6. The van der Waals surface area contributed by atoms with Gasteiger partial charge in [-0.1, -0.05) is 27.7 Å². The highest BCUT2D eigenvalue weighted by atomic mass is 16.6. The number of epoxide rings is 1. The van der Waals surface area contributed by atoms with Gasteiger partial charge in [0.15, 0.2) is 17.5 Å². The van der Waals surface area contributed by atoms with Crippen LogP contribution in [-0.4, -0.2) is 70.5 Å². The van der Waals surface area contributed by atoms with Gasteiger partial charge in [-0.2, -0.15) is 0 Å². The predicted molar refractivity (Wildman–Crippen MR) is 133 cm³/mol. The molecular formula is C29H36O11. The minimum Gasteiger partial charge on any atom is -0.472 e.